The maximum Gasteiger partial charge on any atom is 0.224 e. The molecule has 2 aliphatic heterocycles. The Morgan fingerprint density at radius 1 is 1.43 bits per heavy atom. The zero-order valence-corrected chi connectivity index (χ0v) is 13.3. The molecule has 0 aromatic rings. The second kappa shape index (κ2) is 7.56. The highest BCUT2D eigenvalue weighted by Crippen LogP contribution is 2.37. The third-order valence-electron chi connectivity index (χ3n) is 5.12. The molecular formula is C16H29NO4. The fourth-order valence-electron chi connectivity index (χ4n) is 3.21. The lowest BCUT2D eigenvalue weighted by Gasteiger charge is -2.31. The van der Waals surface area contributed by atoms with Gasteiger partial charge < -0.3 is 19.5 Å². The zero-order chi connectivity index (χ0) is 15.3. The van der Waals surface area contributed by atoms with Crippen LogP contribution in [0.1, 0.15) is 39.5 Å². The molecule has 0 aromatic carbocycles. The van der Waals surface area contributed by atoms with Crippen molar-refractivity contribution in [2.24, 2.45) is 11.3 Å². The lowest BCUT2D eigenvalue weighted by atomic mass is 9.77. The monoisotopic (exact) mass is 299 g/mol. The van der Waals surface area contributed by atoms with E-state index in [1.165, 1.54) is 0 Å². The van der Waals surface area contributed by atoms with Gasteiger partial charge in [0.2, 0.25) is 5.91 Å². The summed E-state index contributed by atoms with van der Waals surface area (Å²) in [6, 6.07) is 0. The van der Waals surface area contributed by atoms with E-state index in [0.717, 1.165) is 39.0 Å². The highest BCUT2D eigenvalue weighted by Gasteiger charge is 2.41. The van der Waals surface area contributed by atoms with Crippen LogP contribution in [0.25, 0.3) is 0 Å². The van der Waals surface area contributed by atoms with E-state index in [-0.39, 0.29) is 24.0 Å². The van der Waals surface area contributed by atoms with Crippen LogP contribution in [0.2, 0.25) is 0 Å². The van der Waals surface area contributed by atoms with Gasteiger partial charge in [-0.25, -0.2) is 0 Å². The van der Waals surface area contributed by atoms with Crippen molar-refractivity contribution in [3.8, 4) is 0 Å². The van der Waals surface area contributed by atoms with Crippen LogP contribution in [0.5, 0.6) is 0 Å². The van der Waals surface area contributed by atoms with E-state index < -0.39 is 0 Å². The van der Waals surface area contributed by atoms with Crippen molar-refractivity contribution >= 4 is 5.91 Å². The van der Waals surface area contributed by atoms with E-state index in [9.17, 15) is 9.90 Å². The maximum absolute atomic E-state index is 12.3. The van der Waals surface area contributed by atoms with E-state index >= 15 is 0 Å². The summed E-state index contributed by atoms with van der Waals surface area (Å²) in [5.74, 6) is 0.539. The predicted octanol–water partition coefficient (Wildman–Crippen LogP) is 1.44. The molecule has 1 unspecified atom stereocenters. The van der Waals surface area contributed by atoms with Crippen molar-refractivity contribution in [3.63, 3.8) is 0 Å². The summed E-state index contributed by atoms with van der Waals surface area (Å²) in [7, 11) is 0. The summed E-state index contributed by atoms with van der Waals surface area (Å²) >= 11 is 0. The second-order valence-electron chi connectivity index (χ2n) is 6.67. The zero-order valence-electron chi connectivity index (χ0n) is 13.3. The number of nitrogens with zero attached hydrogens (tertiary/aromatic N) is 1. The Morgan fingerprint density at radius 3 is 2.71 bits per heavy atom. The quantitative estimate of drug-likeness (QED) is 0.806. The third-order valence-corrected chi connectivity index (χ3v) is 5.12. The van der Waals surface area contributed by atoms with Crippen LogP contribution in [0.3, 0.4) is 0 Å². The van der Waals surface area contributed by atoms with Gasteiger partial charge in [-0.05, 0) is 25.2 Å². The molecule has 1 N–H and O–H groups in total. The molecule has 0 aliphatic carbocycles. The topological polar surface area (TPSA) is 59.0 Å². The molecule has 122 valence electrons. The average molecular weight is 299 g/mol. The van der Waals surface area contributed by atoms with Crippen molar-refractivity contribution in [1.29, 1.82) is 0 Å². The molecule has 2 saturated heterocycles. The molecule has 2 fully saturated rings. The molecule has 5 nitrogen and oxygen atoms in total. The number of amides is 1. The molecule has 0 bridgehead atoms. The van der Waals surface area contributed by atoms with Gasteiger partial charge in [-0.1, -0.05) is 13.8 Å². The molecule has 0 spiro atoms. The number of ether oxygens (including phenoxy) is 2. The number of carbonyl (C=O) groups excluding carboxylic acids is 1. The first-order chi connectivity index (χ1) is 10.1. The number of aliphatic hydroxyl groups is 1. The molecule has 2 rings (SSSR count). The number of likely N-dealkylation sites (tertiary alicyclic amines) is 1. The highest BCUT2D eigenvalue weighted by atomic mass is 16.5. The summed E-state index contributed by atoms with van der Waals surface area (Å²) in [4.78, 5) is 14.1. The Bertz CT molecular complexity index is 341. The molecule has 0 aromatic heterocycles. The minimum Gasteiger partial charge on any atom is -0.396 e. The van der Waals surface area contributed by atoms with Crippen molar-refractivity contribution in [1.82, 2.24) is 4.90 Å². The Labute approximate surface area is 127 Å². The summed E-state index contributed by atoms with van der Waals surface area (Å²) in [6.45, 7) is 7.86. The Morgan fingerprint density at radius 2 is 2.14 bits per heavy atom. The number of hydrogen-bond donors (Lipinski definition) is 1. The number of hydrogen-bond acceptors (Lipinski definition) is 4. The van der Waals surface area contributed by atoms with Crippen molar-refractivity contribution in [2.75, 3.05) is 39.5 Å². The van der Waals surface area contributed by atoms with Crippen LogP contribution < -0.4 is 0 Å². The standard InChI is InChI=1S/C16H29NO4/c1-13(2)16(12-18)6-7-17(11-16)15(19)5-10-21-14-3-8-20-9-4-14/h13-14,18H,3-12H2,1-2H3. The normalized spacial score (nSPS) is 27.5. The SMILES string of the molecule is CC(C)C1(CO)CCN(C(=O)CCOC2CCOCC2)C1. The second-order valence-corrected chi connectivity index (χ2v) is 6.67. The Kier molecular flexibility index (Phi) is 6.02. The van der Waals surface area contributed by atoms with Crippen LogP contribution in [0.4, 0.5) is 0 Å². The van der Waals surface area contributed by atoms with Crippen molar-refractivity contribution < 1.29 is 19.4 Å². The predicted molar refractivity (Wildman–Crippen MR) is 80.0 cm³/mol. The summed E-state index contributed by atoms with van der Waals surface area (Å²) in [5, 5.41) is 9.66. The summed E-state index contributed by atoms with van der Waals surface area (Å²) in [6.07, 6.45) is 3.44. The van der Waals surface area contributed by atoms with Crippen molar-refractivity contribution in [3.05, 3.63) is 0 Å². The van der Waals surface area contributed by atoms with Crippen LogP contribution in [0, 0.1) is 11.3 Å². The molecule has 21 heavy (non-hydrogen) atoms. The lowest BCUT2D eigenvalue weighted by molar-refractivity contribution is -0.133. The molecule has 2 aliphatic rings. The lowest BCUT2D eigenvalue weighted by Crippen LogP contribution is -2.37. The van der Waals surface area contributed by atoms with Gasteiger partial charge >= 0.3 is 0 Å². The van der Waals surface area contributed by atoms with Crippen molar-refractivity contribution in [2.45, 2.75) is 45.6 Å². The molecule has 1 atom stereocenters. The minimum atomic E-state index is -0.114. The fourth-order valence-corrected chi connectivity index (χ4v) is 3.21. The van der Waals surface area contributed by atoms with E-state index in [0.29, 0.717) is 25.5 Å². The minimum absolute atomic E-state index is 0.114. The van der Waals surface area contributed by atoms with Crippen LogP contribution in [0.15, 0.2) is 0 Å². The van der Waals surface area contributed by atoms with Gasteiger partial charge in [0, 0.05) is 31.7 Å². The van der Waals surface area contributed by atoms with Gasteiger partial charge in [0.25, 0.3) is 0 Å². The highest BCUT2D eigenvalue weighted by molar-refractivity contribution is 5.76. The van der Waals surface area contributed by atoms with E-state index in [1.807, 2.05) is 4.90 Å². The van der Waals surface area contributed by atoms with Gasteiger partial charge in [-0.2, -0.15) is 0 Å². The summed E-state index contributed by atoms with van der Waals surface area (Å²) < 4.78 is 11.0. The Hall–Kier alpha value is -0.650. The van der Waals surface area contributed by atoms with Gasteiger partial charge in [0.05, 0.1) is 25.7 Å². The fraction of sp³-hybridized carbons (Fsp3) is 0.938. The molecule has 0 saturated carbocycles. The largest absolute Gasteiger partial charge is 0.396 e. The average Bonchev–Trinajstić information content (AvgIpc) is 2.94. The number of carbonyl (C=O) groups is 1. The maximum atomic E-state index is 12.3. The number of aliphatic hydroxyl groups excluding tert-OH is 1. The van der Waals surface area contributed by atoms with Gasteiger partial charge in [-0.3, -0.25) is 4.79 Å². The van der Waals surface area contributed by atoms with E-state index in [2.05, 4.69) is 13.8 Å². The Balaban J connectivity index is 1.71. The molecule has 5 heteroatoms. The van der Waals surface area contributed by atoms with E-state index in [4.69, 9.17) is 9.47 Å². The van der Waals surface area contributed by atoms with Crippen LogP contribution >= 0.6 is 0 Å². The van der Waals surface area contributed by atoms with Crippen LogP contribution in [-0.2, 0) is 14.3 Å². The first-order valence-electron chi connectivity index (χ1n) is 8.15. The molecule has 2 heterocycles. The first-order valence-corrected chi connectivity index (χ1v) is 8.15. The smallest absolute Gasteiger partial charge is 0.224 e. The van der Waals surface area contributed by atoms with Gasteiger partial charge in [0.1, 0.15) is 0 Å². The van der Waals surface area contributed by atoms with Crippen LogP contribution in [-0.4, -0.2) is 61.5 Å². The molecule has 0 radical (unpaired) electrons. The third kappa shape index (κ3) is 4.18. The summed E-state index contributed by atoms with van der Waals surface area (Å²) in [5.41, 5.74) is -0.114. The van der Waals surface area contributed by atoms with Gasteiger partial charge in [-0.15, -0.1) is 0 Å². The number of rotatable bonds is 6. The molecular weight excluding hydrogens is 270 g/mol. The molecule has 1 amide bonds. The first kappa shape index (κ1) is 16.7. The van der Waals surface area contributed by atoms with Gasteiger partial charge in [0.15, 0.2) is 0 Å². The van der Waals surface area contributed by atoms with E-state index in [1.54, 1.807) is 0 Å².